The molecule has 0 spiro atoms. The molecule has 7 heteroatoms. The molecule has 1 fully saturated rings. The number of carbonyl (C=O) groups excluding carboxylic acids is 2. The number of hydrogen-bond acceptors (Lipinski definition) is 4. The lowest BCUT2D eigenvalue weighted by atomic mass is 9.88. The van der Waals surface area contributed by atoms with E-state index in [2.05, 4.69) is 11.9 Å². The Balaban J connectivity index is 1.76. The molecule has 4 rings (SSSR count). The molecule has 0 bridgehead atoms. The van der Waals surface area contributed by atoms with Crippen molar-refractivity contribution in [3.63, 3.8) is 0 Å². The fraction of sp³-hybridized carbons (Fsp3) is 0.148. The summed E-state index contributed by atoms with van der Waals surface area (Å²) in [6, 6.07) is 18.3. The van der Waals surface area contributed by atoms with Gasteiger partial charge in [0.1, 0.15) is 5.84 Å². The minimum absolute atomic E-state index is 0.0285. The minimum atomic E-state index is -0.289. The zero-order valence-corrected chi connectivity index (χ0v) is 18.8. The van der Waals surface area contributed by atoms with Gasteiger partial charge in [-0.3, -0.25) is 15.0 Å². The number of nitrogens with zero attached hydrogens (tertiary/aromatic N) is 1. The first-order valence-corrected chi connectivity index (χ1v) is 11.1. The van der Waals surface area contributed by atoms with Gasteiger partial charge >= 0.3 is 0 Å². The van der Waals surface area contributed by atoms with E-state index in [-0.39, 0.29) is 17.6 Å². The van der Waals surface area contributed by atoms with Gasteiger partial charge < -0.3 is 21.7 Å². The van der Waals surface area contributed by atoms with Crippen LogP contribution in [0.5, 0.6) is 0 Å². The summed E-state index contributed by atoms with van der Waals surface area (Å²) in [6.45, 7) is 5.04. The van der Waals surface area contributed by atoms with Crippen LogP contribution < -0.4 is 16.8 Å². The number of nitrogens with two attached hydrogens (primary N) is 2. The van der Waals surface area contributed by atoms with Crippen LogP contribution in [0.25, 0.3) is 22.3 Å². The summed E-state index contributed by atoms with van der Waals surface area (Å²) in [7, 11) is 0. The van der Waals surface area contributed by atoms with E-state index in [4.69, 9.17) is 16.9 Å². The maximum absolute atomic E-state index is 12.8. The van der Waals surface area contributed by atoms with E-state index in [1.165, 1.54) is 6.08 Å². The summed E-state index contributed by atoms with van der Waals surface area (Å²) in [6.07, 6.45) is 3.28. The fourth-order valence-corrected chi connectivity index (χ4v) is 4.26. The molecule has 1 aliphatic heterocycles. The highest BCUT2D eigenvalue weighted by molar-refractivity contribution is 6.10. The van der Waals surface area contributed by atoms with Crippen molar-refractivity contribution in [2.75, 3.05) is 24.1 Å². The molecule has 3 aromatic rings. The summed E-state index contributed by atoms with van der Waals surface area (Å²) in [4.78, 5) is 26.2. The Labute approximate surface area is 198 Å². The average molecular weight is 454 g/mol. The van der Waals surface area contributed by atoms with E-state index < -0.39 is 0 Å². The van der Waals surface area contributed by atoms with E-state index in [9.17, 15) is 9.59 Å². The average Bonchev–Trinajstić information content (AvgIpc) is 3.39. The Morgan fingerprint density at radius 2 is 1.56 bits per heavy atom. The molecular weight excluding hydrogens is 426 g/mol. The Morgan fingerprint density at radius 3 is 2.15 bits per heavy atom. The fourth-order valence-electron chi connectivity index (χ4n) is 4.26. The number of benzene rings is 3. The molecule has 7 nitrogen and oxygen atoms in total. The van der Waals surface area contributed by atoms with Crippen molar-refractivity contribution >= 4 is 29.0 Å². The third-order valence-corrected chi connectivity index (χ3v) is 5.97. The smallest absolute Gasteiger partial charge is 0.253 e. The molecule has 1 saturated heterocycles. The Morgan fingerprint density at radius 1 is 0.941 bits per heavy atom. The molecule has 34 heavy (non-hydrogen) atoms. The van der Waals surface area contributed by atoms with Crippen LogP contribution in [0.15, 0.2) is 73.3 Å². The van der Waals surface area contributed by atoms with Gasteiger partial charge in [0, 0.05) is 41.2 Å². The predicted molar refractivity (Wildman–Crippen MR) is 137 cm³/mol. The first-order chi connectivity index (χ1) is 16.4. The molecule has 0 aliphatic carbocycles. The number of nitrogens with one attached hydrogen (secondary N) is 2. The standard InChI is InChI=1S/C27H27N5O2/c1-2-23(33)31-20-11-9-17(10-12-20)21-13-14-22(28)25(26(29)30)24(21)18-5-7-19(8-6-18)27(34)32-15-3-4-16-32/h2,5-14H,1,3-4,15-16,28H2,(H3,29,30)(H,31,33). The van der Waals surface area contributed by atoms with Gasteiger partial charge in [0.15, 0.2) is 0 Å². The summed E-state index contributed by atoms with van der Waals surface area (Å²) >= 11 is 0. The lowest BCUT2D eigenvalue weighted by molar-refractivity contribution is -0.111. The second-order valence-electron chi connectivity index (χ2n) is 8.21. The number of amidine groups is 1. The molecule has 0 aromatic heterocycles. The van der Waals surface area contributed by atoms with Gasteiger partial charge in [-0.1, -0.05) is 36.9 Å². The van der Waals surface area contributed by atoms with Crippen LogP contribution in [0, 0.1) is 5.41 Å². The third-order valence-electron chi connectivity index (χ3n) is 5.97. The normalized spacial score (nSPS) is 12.9. The summed E-state index contributed by atoms with van der Waals surface area (Å²) < 4.78 is 0. The van der Waals surface area contributed by atoms with Crippen LogP contribution in [0.3, 0.4) is 0 Å². The van der Waals surface area contributed by atoms with Crippen LogP contribution in [0.2, 0.25) is 0 Å². The number of amides is 2. The zero-order valence-electron chi connectivity index (χ0n) is 18.8. The largest absolute Gasteiger partial charge is 0.398 e. The molecule has 0 atom stereocenters. The number of hydrogen-bond donors (Lipinski definition) is 4. The highest BCUT2D eigenvalue weighted by Crippen LogP contribution is 2.38. The number of nitrogen functional groups attached to an aromatic ring is 2. The monoisotopic (exact) mass is 453 g/mol. The molecule has 1 heterocycles. The van der Waals surface area contributed by atoms with Crippen molar-refractivity contribution in [2.45, 2.75) is 12.8 Å². The minimum Gasteiger partial charge on any atom is -0.398 e. The lowest BCUT2D eigenvalue weighted by Crippen LogP contribution is -2.27. The molecule has 1 aliphatic rings. The molecular formula is C27H27N5O2. The highest BCUT2D eigenvalue weighted by Gasteiger charge is 2.21. The van der Waals surface area contributed by atoms with Crippen LogP contribution in [0.1, 0.15) is 28.8 Å². The van der Waals surface area contributed by atoms with Crippen LogP contribution in [0.4, 0.5) is 11.4 Å². The van der Waals surface area contributed by atoms with Crippen LogP contribution in [-0.2, 0) is 4.79 Å². The van der Waals surface area contributed by atoms with Crippen LogP contribution >= 0.6 is 0 Å². The van der Waals surface area contributed by atoms with Crippen molar-refractivity contribution in [2.24, 2.45) is 5.73 Å². The second kappa shape index (κ2) is 9.62. The summed E-state index contributed by atoms with van der Waals surface area (Å²) in [5.41, 5.74) is 17.5. The van der Waals surface area contributed by atoms with Gasteiger partial charge in [-0.25, -0.2) is 0 Å². The summed E-state index contributed by atoms with van der Waals surface area (Å²) in [5.74, 6) is -0.398. The van der Waals surface area contributed by atoms with Gasteiger partial charge in [0.2, 0.25) is 5.91 Å². The van der Waals surface area contributed by atoms with Gasteiger partial charge in [-0.15, -0.1) is 0 Å². The Hall–Kier alpha value is -4.39. The molecule has 6 N–H and O–H groups in total. The highest BCUT2D eigenvalue weighted by atomic mass is 16.2. The van der Waals surface area contributed by atoms with Crippen molar-refractivity contribution < 1.29 is 9.59 Å². The maximum atomic E-state index is 12.8. The Kier molecular flexibility index (Phi) is 6.45. The van der Waals surface area contributed by atoms with Crippen molar-refractivity contribution in [1.82, 2.24) is 4.90 Å². The molecule has 3 aromatic carbocycles. The third kappa shape index (κ3) is 4.54. The Bertz CT molecular complexity index is 1260. The number of anilines is 2. The zero-order chi connectivity index (χ0) is 24.2. The van der Waals surface area contributed by atoms with Crippen molar-refractivity contribution in [3.8, 4) is 22.3 Å². The van der Waals surface area contributed by atoms with Crippen molar-refractivity contribution in [3.05, 3.63) is 84.4 Å². The second-order valence-corrected chi connectivity index (χ2v) is 8.21. The molecule has 0 unspecified atom stereocenters. The molecule has 0 saturated carbocycles. The van der Waals surface area contributed by atoms with E-state index in [0.717, 1.165) is 48.2 Å². The van der Waals surface area contributed by atoms with Gasteiger partial charge in [0.25, 0.3) is 5.91 Å². The molecule has 172 valence electrons. The van der Waals surface area contributed by atoms with E-state index in [1.54, 1.807) is 30.3 Å². The van der Waals surface area contributed by atoms with Gasteiger partial charge in [-0.2, -0.15) is 0 Å². The number of rotatable bonds is 6. The van der Waals surface area contributed by atoms with Gasteiger partial charge in [-0.05, 0) is 65.9 Å². The lowest BCUT2D eigenvalue weighted by Gasteiger charge is -2.19. The van der Waals surface area contributed by atoms with Gasteiger partial charge in [0.05, 0.1) is 0 Å². The molecule has 2 amide bonds. The predicted octanol–water partition coefficient (Wildman–Crippen LogP) is 4.25. The van der Waals surface area contributed by atoms with Crippen LogP contribution in [-0.4, -0.2) is 35.6 Å². The maximum Gasteiger partial charge on any atom is 0.253 e. The number of carbonyl (C=O) groups is 2. The first kappa shape index (κ1) is 22.8. The first-order valence-electron chi connectivity index (χ1n) is 11.1. The SMILES string of the molecule is C=CC(=O)Nc1ccc(-c2ccc(N)c(C(=N)N)c2-c2ccc(C(=O)N3CCCC3)cc2)cc1. The number of likely N-dealkylation sites (tertiary alicyclic amines) is 1. The van der Waals surface area contributed by atoms with E-state index in [1.807, 2.05) is 35.2 Å². The molecule has 0 radical (unpaired) electrons. The van der Waals surface area contributed by atoms with Crippen molar-refractivity contribution in [1.29, 1.82) is 5.41 Å². The topological polar surface area (TPSA) is 125 Å². The summed E-state index contributed by atoms with van der Waals surface area (Å²) in [5, 5.41) is 10.9. The van der Waals surface area contributed by atoms with E-state index in [0.29, 0.717) is 22.5 Å². The quantitative estimate of drug-likeness (QED) is 0.193. The van der Waals surface area contributed by atoms with E-state index >= 15 is 0 Å².